The largest absolute Gasteiger partial charge is 0.445 e. The predicted octanol–water partition coefficient (Wildman–Crippen LogP) is 2.23. The summed E-state index contributed by atoms with van der Waals surface area (Å²) in [6, 6.07) is 0. The molecule has 0 spiro atoms. The minimum Gasteiger partial charge on any atom is -0.343 e. The van der Waals surface area contributed by atoms with E-state index in [0.29, 0.717) is 37.5 Å². The third-order valence-corrected chi connectivity index (χ3v) is 5.16. The first-order valence-electron chi connectivity index (χ1n) is 8.20. The van der Waals surface area contributed by atoms with E-state index in [1.807, 2.05) is 18.4 Å². The van der Waals surface area contributed by atoms with Crippen molar-refractivity contribution < 1.29 is 18.0 Å². The van der Waals surface area contributed by atoms with Crippen molar-refractivity contribution in [3.05, 3.63) is 23.2 Å². The third kappa shape index (κ3) is 3.97. The van der Waals surface area contributed by atoms with Crippen LogP contribution >= 0.6 is 11.3 Å². The summed E-state index contributed by atoms with van der Waals surface area (Å²) in [6.45, 7) is 5.97. The van der Waals surface area contributed by atoms with Gasteiger partial charge >= 0.3 is 6.18 Å². The molecule has 11 heteroatoms. The summed E-state index contributed by atoms with van der Waals surface area (Å²) >= 11 is 0.528. The Labute approximate surface area is 152 Å². The van der Waals surface area contributed by atoms with E-state index in [-0.39, 0.29) is 23.5 Å². The number of carbonyl (C=O) groups excluding carboxylic acids is 1. The monoisotopic (exact) mass is 388 g/mol. The molecule has 0 aliphatic carbocycles. The Morgan fingerprint density at radius 3 is 2.50 bits per heavy atom. The number of hydrogen-bond acceptors (Lipinski definition) is 6. The lowest BCUT2D eigenvalue weighted by molar-refractivity contribution is -0.138. The van der Waals surface area contributed by atoms with Crippen molar-refractivity contribution in [3.63, 3.8) is 0 Å². The maximum atomic E-state index is 12.6. The summed E-state index contributed by atoms with van der Waals surface area (Å²) in [5.74, 6) is 1.04. The Kier molecular flexibility index (Phi) is 5.17. The number of halogens is 3. The van der Waals surface area contributed by atoms with Crippen molar-refractivity contribution in [2.45, 2.75) is 32.5 Å². The van der Waals surface area contributed by atoms with Crippen LogP contribution in [0.15, 0.2) is 12.4 Å². The van der Waals surface area contributed by atoms with E-state index in [4.69, 9.17) is 0 Å². The standard InChI is InChI=1S/C15H19F3N6OS/c1-10(2)12-19-3-4-24(12)9-11(25)22-5-7-23(8-6-22)14-21-20-13(26-14)15(16,17)18/h3-4,10H,5-9H2,1-2H3. The average Bonchev–Trinajstić information content (AvgIpc) is 3.24. The number of rotatable bonds is 4. The Morgan fingerprint density at radius 2 is 1.92 bits per heavy atom. The molecule has 1 aliphatic heterocycles. The van der Waals surface area contributed by atoms with Gasteiger partial charge in [-0.15, -0.1) is 10.2 Å². The van der Waals surface area contributed by atoms with Crippen LogP contribution in [0.2, 0.25) is 0 Å². The normalized spacial score (nSPS) is 15.8. The highest BCUT2D eigenvalue weighted by atomic mass is 32.1. The molecule has 0 saturated carbocycles. The van der Waals surface area contributed by atoms with Crippen molar-refractivity contribution in [3.8, 4) is 0 Å². The fourth-order valence-electron chi connectivity index (χ4n) is 2.81. The van der Waals surface area contributed by atoms with Gasteiger partial charge in [-0.25, -0.2) is 4.98 Å². The van der Waals surface area contributed by atoms with Gasteiger partial charge in [-0.3, -0.25) is 4.79 Å². The molecular weight excluding hydrogens is 369 g/mol. The number of amides is 1. The van der Waals surface area contributed by atoms with E-state index in [2.05, 4.69) is 15.2 Å². The lowest BCUT2D eigenvalue weighted by Gasteiger charge is -2.34. The van der Waals surface area contributed by atoms with Gasteiger partial charge in [0.1, 0.15) is 12.4 Å². The number of aromatic nitrogens is 4. The molecule has 1 fully saturated rings. The first-order chi connectivity index (χ1) is 12.3. The van der Waals surface area contributed by atoms with Crippen LogP contribution in [0.25, 0.3) is 0 Å². The van der Waals surface area contributed by atoms with Gasteiger partial charge in [-0.2, -0.15) is 13.2 Å². The summed E-state index contributed by atoms with van der Waals surface area (Å²) < 4.78 is 39.7. The fourth-order valence-corrected chi connectivity index (χ4v) is 3.57. The van der Waals surface area contributed by atoms with Crippen molar-refractivity contribution in [1.82, 2.24) is 24.6 Å². The highest BCUT2D eigenvalue weighted by Gasteiger charge is 2.36. The molecule has 2 aromatic rings. The van der Waals surface area contributed by atoms with Gasteiger partial charge in [-0.1, -0.05) is 25.2 Å². The van der Waals surface area contributed by atoms with Gasteiger partial charge in [0.15, 0.2) is 0 Å². The van der Waals surface area contributed by atoms with Crippen molar-refractivity contribution in [2.75, 3.05) is 31.1 Å². The first-order valence-corrected chi connectivity index (χ1v) is 9.02. The molecule has 0 radical (unpaired) electrons. The van der Waals surface area contributed by atoms with Crippen molar-refractivity contribution in [2.24, 2.45) is 0 Å². The zero-order valence-electron chi connectivity index (χ0n) is 14.4. The van der Waals surface area contributed by atoms with Crippen LogP contribution in [0.4, 0.5) is 18.3 Å². The highest BCUT2D eigenvalue weighted by molar-refractivity contribution is 7.15. The molecule has 0 N–H and O–H groups in total. The number of carbonyl (C=O) groups is 1. The Morgan fingerprint density at radius 1 is 1.23 bits per heavy atom. The molecule has 26 heavy (non-hydrogen) atoms. The molecule has 0 atom stereocenters. The molecule has 1 amide bonds. The zero-order valence-corrected chi connectivity index (χ0v) is 15.2. The summed E-state index contributed by atoms with van der Waals surface area (Å²) in [7, 11) is 0. The molecule has 2 aromatic heterocycles. The van der Waals surface area contributed by atoms with Gasteiger partial charge in [0.2, 0.25) is 16.0 Å². The molecule has 1 aliphatic rings. The van der Waals surface area contributed by atoms with E-state index >= 15 is 0 Å². The number of imidazole rings is 1. The van der Waals surface area contributed by atoms with Crippen molar-refractivity contribution in [1.29, 1.82) is 0 Å². The van der Waals surface area contributed by atoms with Crippen LogP contribution in [0.1, 0.15) is 30.6 Å². The number of nitrogens with zero attached hydrogens (tertiary/aromatic N) is 6. The van der Waals surface area contributed by atoms with E-state index < -0.39 is 11.2 Å². The Bertz CT molecular complexity index is 764. The SMILES string of the molecule is CC(C)c1nccn1CC(=O)N1CCN(c2nnc(C(F)(F)F)s2)CC1. The Hall–Kier alpha value is -2.17. The lowest BCUT2D eigenvalue weighted by atomic mass is 10.2. The van der Waals surface area contributed by atoms with Crippen LogP contribution in [0.3, 0.4) is 0 Å². The predicted molar refractivity (Wildman–Crippen MR) is 90.0 cm³/mol. The van der Waals surface area contributed by atoms with Crippen LogP contribution in [0.5, 0.6) is 0 Å². The summed E-state index contributed by atoms with van der Waals surface area (Å²) in [5.41, 5.74) is 0. The van der Waals surface area contributed by atoms with Crippen LogP contribution in [-0.4, -0.2) is 56.7 Å². The number of anilines is 1. The minimum absolute atomic E-state index is 0.0298. The number of hydrogen-bond donors (Lipinski definition) is 0. The third-order valence-electron chi connectivity index (χ3n) is 4.13. The minimum atomic E-state index is -4.48. The lowest BCUT2D eigenvalue weighted by Crippen LogP contribution is -2.49. The van der Waals surface area contributed by atoms with Gasteiger partial charge in [0, 0.05) is 44.5 Å². The molecule has 1 saturated heterocycles. The smallest absolute Gasteiger partial charge is 0.343 e. The van der Waals surface area contributed by atoms with Crippen LogP contribution in [-0.2, 0) is 17.5 Å². The maximum Gasteiger partial charge on any atom is 0.445 e. The molecule has 142 valence electrons. The van der Waals surface area contributed by atoms with E-state index in [1.54, 1.807) is 22.2 Å². The summed E-state index contributed by atoms with van der Waals surface area (Å²) in [4.78, 5) is 20.2. The summed E-state index contributed by atoms with van der Waals surface area (Å²) in [5, 5.41) is 6.12. The average molecular weight is 388 g/mol. The topological polar surface area (TPSA) is 67.2 Å². The van der Waals surface area contributed by atoms with Gasteiger partial charge in [0.05, 0.1) is 0 Å². The molecular formula is C15H19F3N6OS. The zero-order chi connectivity index (χ0) is 18.9. The quantitative estimate of drug-likeness (QED) is 0.804. The first kappa shape index (κ1) is 18.6. The van der Waals surface area contributed by atoms with E-state index in [9.17, 15) is 18.0 Å². The highest BCUT2D eigenvalue weighted by Crippen LogP contribution is 2.34. The maximum absolute atomic E-state index is 12.6. The Balaban J connectivity index is 1.57. The van der Waals surface area contributed by atoms with Gasteiger partial charge in [-0.05, 0) is 0 Å². The number of piperazine rings is 1. The molecule has 3 rings (SSSR count). The molecule has 3 heterocycles. The van der Waals surface area contributed by atoms with E-state index in [0.717, 1.165) is 5.82 Å². The molecule has 7 nitrogen and oxygen atoms in total. The van der Waals surface area contributed by atoms with Crippen LogP contribution < -0.4 is 4.90 Å². The summed E-state index contributed by atoms with van der Waals surface area (Å²) in [6.07, 6.45) is -1.02. The van der Waals surface area contributed by atoms with Gasteiger partial charge in [0.25, 0.3) is 0 Å². The molecule has 0 bridgehead atoms. The van der Waals surface area contributed by atoms with Crippen LogP contribution in [0, 0.1) is 0 Å². The second-order valence-corrected chi connectivity index (χ2v) is 7.28. The van der Waals surface area contributed by atoms with Gasteiger partial charge < -0.3 is 14.4 Å². The molecule has 0 unspecified atom stereocenters. The number of alkyl halides is 3. The fraction of sp³-hybridized carbons (Fsp3) is 0.600. The second-order valence-electron chi connectivity index (χ2n) is 6.32. The second kappa shape index (κ2) is 7.22. The molecule has 0 aromatic carbocycles. The van der Waals surface area contributed by atoms with E-state index in [1.165, 1.54) is 0 Å². The van der Waals surface area contributed by atoms with Crippen molar-refractivity contribution >= 4 is 22.4 Å².